The normalized spacial score (nSPS) is 11.1. The van der Waals surface area contributed by atoms with E-state index in [1.807, 2.05) is 0 Å². The van der Waals surface area contributed by atoms with Crippen LogP contribution in [0.15, 0.2) is 29.7 Å². The quantitative estimate of drug-likeness (QED) is 0.493. The van der Waals surface area contributed by atoms with E-state index < -0.39 is 12.4 Å². The molecule has 2 rings (SSSR count). The molecule has 0 radical (unpaired) electrons. The van der Waals surface area contributed by atoms with Gasteiger partial charge in [0.1, 0.15) is 16.5 Å². The van der Waals surface area contributed by atoms with Gasteiger partial charge in [-0.2, -0.15) is 13.9 Å². The van der Waals surface area contributed by atoms with Gasteiger partial charge in [-0.1, -0.05) is 29.3 Å². The Morgan fingerprint density at radius 2 is 2.13 bits per heavy atom. The topological polar surface area (TPSA) is 27.1 Å². The fourth-order valence-corrected chi connectivity index (χ4v) is 3.15. The summed E-state index contributed by atoms with van der Waals surface area (Å²) < 4.78 is 44.3. The molecule has 0 bridgehead atoms. The van der Waals surface area contributed by atoms with Crippen molar-refractivity contribution in [2.75, 3.05) is 5.75 Å². The maximum absolute atomic E-state index is 14.2. The molecule has 0 fully saturated rings. The number of halogens is 5. The summed E-state index contributed by atoms with van der Waals surface area (Å²) >= 11 is 13.4. The molecule has 0 unspecified atom stereocenters. The summed E-state index contributed by atoms with van der Waals surface area (Å²) in [6.07, 6.45) is 1.67. The van der Waals surface area contributed by atoms with Gasteiger partial charge in [0.2, 0.25) is 5.88 Å². The molecule has 1 aromatic heterocycles. The lowest BCUT2D eigenvalue weighted by Gasteiger charge is -2.07. The number of thioether (sulfide) groups is 1. The number of ether oxygens (including phenoxy) is 1. The summed E-state index contributed by atoms with van der Waals surface area (Å²) in [7, 11) is 1.37. The highest BCUT2D eigenvalue weighted by molar-refractivity contribution is 7.99. The first-order chi connectivity index (χ1) is 10.8. The molecule has 1 aromatic carbocycles. The zero-order chi connectivity index (χ0) is 17.1. The molecule has 0 spiro atoms. The van der Waals surface area contributed by atoms with Crippen molar-refractivity contribution < 1.29 is 17.9 Å². The van der Waals surface area contributed by atoms with Crippen LogP contribution in [-0.4, -0.2) is 22.1 Å². The van der Waals surface area contributed by atoms with E-state index in [0.29, 0.717) is 10.6 Å². The first-order valence-corrected chi connectivity index (χ1v) is 7.99. The lowest BCUT2D eigenvalue weighted by molar-refractivity contribution is -0.0552. The van der Waals surface area contributed by atoms with Crippen molar-refractivity contribution in [1.82, 2.24) is 9.78 Å². The number of aryl methyl sites for hydroxylation is 1. The lowest BCUT2D eigenvalue weighted by Crippen LogP contribution is -2.06. The number of nitrogens with zero attached hydrogens (tertiary/aromatic N) is 2. The molecule has 9 heteroatoms. The van der Waals surface area contributed by atoms with Crippen LogP contribution >= 0.6 is 35.0 Å². The van der Waals surface area contributed by atoms with Gasteiger partial charge in [0.05, 0.1) is 5.02 Å². The number of hydrogen-bond acceptors (Lipinski definition) is 3. The Hall–Kier alpha value is -1.31. The Kier molecular flexibility index (Phi) is 5.89. The number of alkyl halides is 2. The van der Waals surface area contributed by atoms with Crippen LogP contribution in [0.25, 0.3) is 11.3 Å². The number of rotatable bonds is 6. The summed E-state index contributed by atoms with van der Waals surface area (Å²) in [6, 6.07) is 2.59. The van der Waals surface area contributed by atoms with Gasteiger partial charge in [0, 0.05) is 23.3 Å². The third-order valence-corrected chi connectivity index (χ3v) is 4.59. The molecule has 0 aliphatic rings. The van der Waals surface area contributed by atoms with Crippen molar-refractivity contribution in [3.05, 3.63) is 40.7 Å². The Labute approximate surface area is 145 Å². The molecule has 0 saturated carbocycles. The molecule has 1 heterocycles. The fourth-order valence-electron chi connectivity index (χ4n) is 1.84. The fraction of sp³-hybridized carbons (Fsp3) is 0.214. The van der Waals surface area contributed by atoms with E-state index >= 15 is 0 Å². The Bertz CT molecular complexity index is 737. The second-order valence-corrected chi connectivity index (χ2v) is 6.18. The van der Waals surface area contributed by atoms with Crippen molar-refractivity contribution in [3.63, 3.8) is 0 Å². The van der Waals surface area contributed by atoms with E-state index in [0.717, 1.165) is 10.7 Å². The minimum atomic E-state index is -3.07. The Morgan fingerprint density at radius 1 is 1.43 bits per heavy atom. The van der Waals surface area contributed by atoms with Crippen molar-refractivity contribution in [2.24, 2.45) is 7.05 Å². The largest absolute Gasteiger partial charge is 0.416 e. The van der Waals surface area contributed by atoms with Gasteiger partial charge in [-0.15, -0.1) is 18.3 Å². The van der Waals surface area contributed by atoms with Gasteiger partial charge in [0.25, 0.3) is 0 Å². The molecular formula is C14H11Cl2F3N2OS. The number of benzene rings is 1. The number of hydrogen-bond donors (Lipinski definition) is 0. The zero-order valence-corrected chi connectivity index (χ0v) is 14.2. The minimum Gasteiger partial charge on any atom is -0.416 e. The molecular weight excluding hydrogens is 372 g/mol. The van der Waals surface area contributed by atoms with Crippen LogP contribution in [0.1, 0.15) is 0 Å². The van der Waals surface area contributed by atoms with Gasteiger partial charge >= 0.3 is 6.61 Å². The van der Waals surface area contributed by atoms with Crippen LogP contribution in [-0.2, 0) is 7.05 Å². The highest BCUT2D eigenvalue weighted by atomic mass is 35.5. The summed E-state index contributed by atoms with van der Waals surface area (Å²) in [5, 5.41) is 3.99. The van der Waals surface area contributed by atoms with Crippen molar-refractivity contribution in [2.45, 2.75) is 11.5 Å². The average Bonchev–Trinajstić information content (AvgIpc) is 2.74. The first-order valence-electron chi connectivity index (χ1n) is 6.25. The van der Waals surface area contributed by atoms with Crippen LogP contribution in [0.3, 0.4) is 0 Å². The van der Waals surface area contributed by atoms with E-state index in [1.54, 1.807) is 6.08 Å². The van der Waals surface area contributed by atoms with Gasteiger partial charge in [-0.3, -0.25) is 0 Å². The maximum Gasteiger partial charge on any atom is 0.388 e. The standard InChI is InChI=1S/C14H11Cl2F3N2OS/c1-3-4-23-10-5-7(9(17)6-8(10)15)12-11(16)13(21(2)20-12)22-14(18)19/h3,5-6,14H,1,4H2,2H3. The van der Waals surface area contributed by atoms with Crippen molar-refractivity contribution in [1.29, 1.82) is 0 Å². The average molecular weight is 383 g/mol. The molecule has 23 heavy (non-hydrogen) atoms. The predicted molar refractivity (Wildman–Crippen MR) is 86.2 cm³/mol. The molecule has 2 aromatic rings. The van der Waals surface area contributed by atoms with E-state index in [-0.39, 0.29) is 27.2 Å². The first kappa shape index (κ1) is 18.0. The SMILES string of the molecule is C=CCSc1cc(-c2nn(C)c(OC(F)F)c2Cl)c(F)cc1Cl. The summed E-state index contributed by atoms with van der Waals surface area (Å²) in [5.74, 6) is -0.437. The van der Waals surface area contributed by atoms with Gasteiger partial charge in [-0.05, 0) is 12.1 Å². The molecule has 0 atom stereocenters. The highest BCUT2D eigenvalue weighted by Gasteiger charge is 2.23. The van der Waals surface area contributed by atoms with Gasteiger partial charge < -0.3 is 4.74 Å². The van der Waals surface area contributed by atoms with Crippen LogP contribution in [0.4, 0.5) is 13.2 Å². The van der Waals surface area contributed by atoms with Gasteiger partial charge in [-0.25, -0.2) is 9.07 Å². The predicted octanol–water partition coefficient (Wildman–Crippen LogP) is 5.41. The van der Waals surface area contributed by atoms with Crippen molar-refractivity contribution >= 4 is 35.0 Å². The molecule has 0 aliphatic heterocycles. The molecule has 0 saturated heterocycles. The molecule has 124 valence electrons. The molecule has 0 N–H and O–H groups in total. The second kappa shape index (κ2) is 7.51. The lowest BCUT2D eigenvalue weighted by atomic mass is 10.1. The second-order valence-electron chi connectivity index (χ2n) is 4.33. The van der Waals surface area contributed by atoms with Crippen LogP contribution in [0.5, 0.6) is 5.88 Å². The van der Waals surface area contributed by atoms with Gasteiger partial charge in [0.15, 0.2) is 0 Å². The smallest absolute Gasteiger partial charge is 0.388 e. The number of aromatic nitrogens is 2. The van der Waals surface area contributed by atoms with Crippen LogP contribution in [0, 0.1) is 5.82 Å². The van der Waals surface area contributed by atoms with E-state index in [1.165, 1.54) is 24.9 Å². The van der Waals surface area contributed by atoms with Crippen molar-refractivity contribution in [3.8, 4) is 17.1 Å². The minimum absolute atomic E-state index is 0.000522. The van der Waals surface area contributed by atoms with E-state index in [9.17, 15) is 13.2 Å². The summed E-state index contributed by atoms with van der Waals surface area (Å²) in [4.78, 5) is 0.598. The molecule has 0 amide bonds. The van der Waals surface area contributed by atoms with Crippen LogP contribution < -0.4 is 4.74 Å². The monoisotopic (exact) mass is 382 g/mol. The summed E-state index contributed by atoms with van der Waals surface area (Å²) in [6.45, 7) is 0.533. The van der Waals surface area contributed by atoms with Crippen LogP contribution in [0.2, 0.25) is 10.0 Å². The Morgan fingerprint density at radius 3 is 2.74 bits per heavy atom. The molecule has 3 nitrogen and oxygen atoms in total. The summed E-state index contributed by atoms with van der Waals surface area (Å²) in [5.41, 5.74) is 0.0464. The van der Waals surface area contributed by atoms with E-state index in [2.05, 4.69) is 16.4 Å². The zero-order valence-electron chi connectivity index (χ0n) is 11.8. The third-order valence-electron chi connectivity index (χ3n) is 2.77. The molecule has 0 aliphatic carbocycles. The Balaban J connectivity index is 2.51. The maximum atomic E-state index is 14.2. The highest BCUT2D eigenvalue weighted by Crippen LogP contribution is 2.39. The van der Waals surface area contributed by atoms with E-state index in [4.69, 9.17) is 23.2 Å². The third kappa shape index (κ3) is 3.97.